The number of carbonyl (C=O) groups excluding carboxylic acids is 3. The van der Waals surface area contributed by atoms with Crippen molar-refractivity contribution in [2.45, 2.75) is 26.8 Å². The molecule has 0 radical (unpaired) electrons. The molecular formula is C23H25N5O3. The van der Waals surface area contributed by atoms with E-state index in [0.29, 0.717) is 24.1 Å². The second kappa shape index (κ2) is 9.71. The van der Waals surface area contributed by atoms with Gasteiger partial charge in [0.15, 0.2) is 0 Å². The van der Waals surface area contributed by atoms with Crippen LogP contribution in [-0.2, 0) is 17.8 Å². The van der Waals surface area contributed by atoms with Crippen LogP contribution in [0.5, 0.6) is 0 Å². The van der Waals surface area contributed by atoms with Gasteiger partial charge in [0.1, 0.15) is 0 Å². The van der Waals surface area contributed by atoms with Gasteiger partial charge in [0.2, 0.25) is 5.91 Å². The Hall–Kier alpha value is -3.94. The molecule has 0 fully saturated rings. The largest absolute Gasteiger partial charge is 0.368 e. The molecule has 0 unspecified atom stereocenters. The summed E-state index contributed by atoms with van der Waals surface area (Å²) >= 11 is 0. The minimum Gasteiger partial charge on any atom is -0.368 e. The maximum absolute atomic E-state index is 12.7. The number of hydrogen-bond acceptors (Lipinski definition) is 4. The average molecular weight is 419 g/mol. The molecule has 3 rings (SSSR count). The first-order valence-electron chi connectivity index (χ1n) is 9.96. The summed E-state index contributed by atoms with van der Waals surface area (Å²) in [4.78, 5) is 35.4. The zero-order valence-electron chi connectivity index (χ0n) is 17.5. The zero-order valence-corrected chi connectivity index (χ0v) is 17.5. The maximum atomic E-state index is 12.7. The summed E-state index contributed by atoms with van der Waals surface area (Å²) in [5, 5.41) is 9.73. The SMILES string of the molecule is CCc1c(C(=O)NCc2ccc(C(=O)NCC(N)=O)cc2)cnn1-c1ccc(C)cc1. The highest BCUT2D eigenvalue weighted by Crippen LogP contribution is 2.17. The fourth-order valence-corrected chi connectivity index (χ4v) is 3.13. The van der Waals surface area contributed by atoms with E-state index in [-0.39, 0.29) is 18.4 Å². The van der Waals surface area contributed by atoms with Crippen molar-refractivity contribution < 1.29 is 14.4 Å². The van der Waals surface area contributed by atoms with Crippen molar-refractivity contribution in [3.63, 3.8) is 0 Å². The van der Waals surface area contributed by atoms with Crippen LogP contribution < -0.4 is 16.4 Å². The molecule has 0 atom stereocenters. The van der Waals surface area contributed by atoms with E-state index in [9.17, 15) is 14.4 Å². The second-order valence-electron chi connectivity index (χ2n) is 7.13. The summed E-state index contributed by atoms with van der Waals surface area (Å²) in [7, 11) is 0. The minimum atomic E-state index is -0.607. The van der Waals surface area contributed by atoms with Crippen LogP contribution in [0.25, 0.3) is 5.69 Å². The van der Waals surface area contributed by atoms with E-state index in [1.54, 1.807) is 35.1 Å². The average Bonchev–Trinajstić information content (AvgIpc) is 3.21. The van der Waals surface area contributed by atoms with Gasteiger partial charge in [-0.1, -0.05) is 36.8 Å². The van der Waals surface area contributed by atoms with E-state index in [1.165, 1.54) is 0 Å². The standard InChI is InChI=1S/C23H25N5O3/c1-3-20-19(13-27-28(20)18-10-4-15(2)5-11-18)23(31)25-12-16-6-8-17(9-7-16)22(30)26-14-21(24)29/h4-11,13H,3,12,14H2,1-2H3,(H2,24,29)(H,25,31)(H,26,30). The molecule has 8 nitrogen and oxygen atoms in total. The number of carbonyl (C=O) groups is 3. The Morgan fingerprint density at radius 1 is 0.968 bits per heavy atom. The number of amides is 3. The van der Waals surface area contributed by atoms with Gasteiger partial charge >= 0.3 is 0 Å². The third-order valence-corrected chi connectivity index (χ3v) is 4.82. The lowest BCUT2D eigenvalue weighted by Gasteiger charge is -2.09. The summed E-state index contributed by atoms with van der Waals surface area (Å²) in [6.07, 6.45) is 2.24. The summed E-state index contributed by atoms with van der Waals surface area (Å²) < 4.78 is 1.79. The Labute approximate surface area is 180 Å². The maximum Gasteiger partial charge on any atom is 0.255 e. The van der Waals surface area contributed by atoms with Crippen molar-refractivity contribution in [3.05, 3.63) is 82.7 Å². The molecular weight excluding hydrogens is 394 g/mol. The molecule has 0 saturated heterocycles. The first-order chi connectivity index (χ1) is 14.9. The zero-order chi connectivity index (χ0) is 22.4. The molecule has 31 heavy (non-hydrogen) atoms. The van der Waals surface area contributed by atoms with E-state index in [0.717, 1.165) is 22.5 Å². The van der Waals surface area contributed by atoms with Crippen LogP contribution in [0.4, 0.5) is 0 Å². The molecule has 4 N–H and O–H groups in total. The Morgan fingerprint density at radius 3 is 2.26 bits per heavy atom. The third kappa shape index (κ3) is 5.36. The molecule has 160 valence electrons. The van der Waals surface area contributed by atoms with Crippen LogP contribution >= 0.6 is 0 Å². The molecule has 3 aromatic rings. The van der Waals surface area contributed by atoms with Gasteiger partial charge in [0.05, 0.1) is 29.7 Å². The smallest absolute Gasteiger partial charge is 0.255 e. The van der Waals surface area contributed by atoms with Crippen molar-refractivity contribution >= 4 is 17.7 Å². The van der Waals surface area contributed by atoms with Crippen LogP contribution in [0.2, 0.25) is 0 Å². The van der Waals surface area contributed by atoms with Gasteiger partial charge in [-0.3, -0.25) is 14.4 Å². The molecule has 0 aliphatic carbocycles. The van der Waals surface area contributed by atoms with Crippen molar-refractivity contribution in [2.24, 2.45) is 5.73 Å². The molecule has 1 aromatic heterocycles. The highest BCUT2D eigenvalue weighted by molar-refractivity contribution is 5.96. The molecule has 0 bridgehead atoms. The number of aromatic nitrogens is 2. The lowest BCUT2D eigenvalue weighted by Crippen LogP contribution is -2.33. The Balaban J connectivity index is 1.65. The van der Waals surface area contributed by atoms with Gasteiger partial charge < -0.3 is 16.4 Å². The summed E-state index contributed by atoms with van der Waals surface area (Å²) in [5.41, 5.74) is 9.70. The predicted molar refractivity (Wildman–Crippen MR) is 117 cm³/mol. The second-order valence-corrected chi connectivity index (χ2v) is 7.13. The minimum absolute atomic E-state index is 0.210. The predicted octanol–water partition coefficient (Wildman–Crippen LogP) is 1.89. The highest BCUT2D eigenvalue weighted by Gasteiger charge is 2.17. The number of primary amides is 1. The number of aryl methyl sites for hydroxylation is 1. The molecule has 2 aromatic carbocycles. The van der Waals surface area contributed by atoms with Crippen LogP contribution in [0, 0.1) is 6.92 Å². The number of nitrogens with one attached hydrogen (secondary N) is 2. The lowest BCUT2D eigenvalue weighted by molar-refractivity contribution is -0.117. The van der Waals surface area contributed by atoms with Gasteiger partial charge in [-0.15, -0.1) is 0 Å². The summed E-state index contributed by atoms with van der Waals surface area (Å²) in [6.45, 7) is 4.10. The normalized spacial score (nSPS) is 10.5. The fourth-order valence-electron chi connectivity index (χ4n) is 3.13. The van der Waals surface area contributed by atoms with E-state index < -0.39 is 5.91 Å². The molecule has 0 aliphatic heterocycles. The van der Waals surface area contributed by atoms with Crippen molar-refractivity contribution in [1.29, 1.82) is 0 Å². The van der Waals surface area contributed by atoms with Gasteiger partial charge in [0.25, 0.3) is 11.8 Å². The molecule has 1 heterocycles. The molecule has 3 amide bonds. The topological polar surface area (TPSA) is 119 Å². The Kier molecular flexibility index (Phi) is 6.81. The highest BCUT2D eigenvalue weighted by atomic mass is 16.2. The summed E-state index contributed by atoms with van der Waals surface area (Å²) in [6, 6.07) is 14.7. The van der Waals surface area contributed by atoms with Crippen molar-refractivity contribution in [3.8, 4) is 5.69 Å². The Bertz CT molecular complexity index is 1090. The number of hydrogen-bond donors (Lipinski definition) is 3. The van der Waals surface area contributed by atoms with Crippen molar-refractivity contribution in [1.82, 2.24) is 20.4 Å². The van der Waals surface area contributed by atoms with E-state index in [2.05, 4.69) is 15.7 Å². The Morgan fingerprint density at radius 2 is 1.65 bits per heavy atom. The van der Waals surface area contributed by atoms with Gasteiger partial charge in [-0.2, -0.15) is 5.10 Å². The number of nitrogens with zero attached hydrogens (tertiary/aromatic N) is 2. The molecule has 0 saturated carbocycles. The monoisotopic (exact) mass is 419 g/mol. The number of nitrogens with two attached hydrogens (primary N) is 1. The van der Waals surface area contributed by atoms with Crippen molar-refractivity contribution in [2.75, 3.05) is 6.54 Å². The molecule has 8 heteroatoms. The third-order valence-electron chi connectivity index (χ3n) is 4.82. The van der Waals surface area contributed by atoms with E-state index in [1.807, 2.05) is 38.1 Å². The van der Waals surface area contributed by atoms with Gasteiger partial charge in [-0.25, -0.2) is 4.68 Å². The lowest BCUT2D eigenvalue weighted by atomic mass is 10.1. The molecule has 0 spiro atoms. The molecule has 0 aliphatic rings. The summed E-state index contributed by atoms with van der Waals surface area (Å²) in [5.74, 6) is -1.20. The van der Waals surface area contributed by atoms with E-state index >= 15 is 0 Å². The van der Waals surface area contributed by atoms with Crippen LogP contribution in [-0.4, -0.2) is 34.0 Å². The van der Waals surface area contributed by atoms with Gasteiger partial charge in [-0.05, 0) is 43.2 Å². The van der Waals surface area contributed by atoms with Gasteiger partial charge in [0, 0.05) is 12.1 Å². The number of rotatable bonds is 8. The quantitative estimate of drug-likeness (QED) is 0.516. The first-order valence-corrected chi connectivity index (χ1v) is 9.96. The fraction of sp³-hybridized carbons (Fsp3) is 0.217. The number of benzene rings is 2. The first kappa shape index (κ1) is 21.8. The van der Waals surface area contributed by atoms with Crippen LogP contribution in [0.15, 0.2) is 54.7 Å². The van der Waals surface area contributed by atoms with E-state index in [4.69, 9.17) is 5.73 Å². The van der Waals surface area contributed by atoms with Crippen LogP contribution in [0.1, 0.15) is 44.5 Å². The van der Waals surface area contributed by atoms with Crippen LogP contribution in [0.3, 0.4) is 0 Å².